The predicted octanol–water partition coefficient (Wildman–Crippen LogP) is 0.625. The first kappa shape index (κ1) is 8.25. The molecule has 2 rings (SSSR count). The Labute approximate surface area is 74.7 Å². The van der Waals surface area contributed by atoms with Gasteiger partial charge < -0.3 is 14.9 Å². The largest absolute Gasteiger partial charge is 0.475 e. The fraction of sp³-hybridized carbons (Fsp3) is 0.500. The molecule has 1 heterocycles. The van der Waals surface area contributed by atoms with E-state index < -0.39 is 5.97 Å². The average molecular weight is 182 g/mol. The van der Waals surface area contributed by atoms with Crippen LogP contribution in [0, 0.1) is 0 Å². The van der Waals surface area contributed by atoms with Crippen LogP contribution in [0.1, 0.15) is 29.0 Å². The van der Waals surface area contributed by atoms with E-state index in [9.17, 15) is 4.79 Å². The molecule has 1 aliphatic carbocycles. The molecule has 1 aromatic heterocycles. The Balaban J connectivity index is 2.00. The molecule has 0 aliphatic heterocycles. The summed E-state index contributed by atoms with van der Waals surface area (Å²) in [6.45, 7) is 0.524. The zero-order chi connectivity index (χ0) is 9.26. The minimum Gasteiger partial charge on any atom is -0.475 e. The van der Waals surface area contributed by atoms with Gasteiger partial charge in [-0.1, -0.05) is 5.16 Å². The van der Waals surface area contributed by atoms with Crippen molar-refractivity contribution in [1.29, 1.82) is 0 Å². The van der Waals surface area contributed by atoms with E-state index >= 15 is 0 Å². The van der Waals surface area contributed by atoms with Crippen molar-refractivity contribution in [2.45, 2.75) is 25.4 Å². The van der Waals surface area contributed by atoms with Crippen LogP contribution in [0.2, 0.25) is 0 Å². The number of carboxylic acids is 1. The van der Waals surface area contributed by atoms with E-state index in [0.29, 0.717) is 18.2 Å². The fourth-order valence-electron chi connectivity index (χ4n) is 1.10. The molecule has 1 aromatic rings. The van der Waals surface area contributed by atoms with Crippen molar-refractivity contribution in [1.82, 2.24) is 10.5 Å². The van der Waals surface area contributed by atoms with Crippen LogP contribution in [-0.4, -0.2) is 22.3 Å². The van der Waals surface area contributed by atoms with Gasteiger partial charge in [0.1, 0.15) is 0 Å². The van der Waals surface area contributed by atoms with Crippen LogP contribution < -0.4 is 5.32 Å². The van der Waals surface area contributed by atoms with Crippen molar-refractivity contribution in [3.63, 3.8) is 0 Å². The summed E-state index contributed by atoms with van der Waals surface area (Å²) in [5.41, 5.74) is 0.611. The Morgan fingerprint density at radius 2 is 2.54 bits per heavy atom. The highest BCUT2D eigenvalue weighted by Crippen LogP contribution is 2.19. The minimum absolute atomic E-state index is 0.0619. The van der Waals surface area contributed by atoms with Gasteiger partial charge in [0.25, 0.3) is 0 Å². The van der Waals surface area contributed by atoms with Crippen molar-refractivity contribution in [2.75, 3.05) is 0 Å². The highest BCUT2D eigenvalue weighted by molar-refractivity contribution is 5.85. The Hall–Kier alpha value is -1.36. The van der Waals surface area contributed by atoms with Crippen LogP contribution in [0.25, 0.3) is 0 Å². The Kier molecular flexibility index (Phi) is 2.02. The third kappa shape index (κ3) is 1.86. The van der Waals surface area contributed by atoms with E-state index in [0.717, 1.165) is 0 Å². The predicted molar refractivity (Wildman–Crippen MR) is 43.3 cm³/mol. The summed E-state index contributed by atoms with van der Waals surface area (Å²) >= 11 is 0. The quantitative estimate of drug-likeness (QED) is 0.714. The summed E-state index contributed by atoms with van der Waals surface area (Å²) in [5, 5.41) is 15.3. The van der Waals surface area contributed by atoms with Gasteiger partial charge >= 0.3 is 5.97 Å². The van der Waals surface area contributed by atoms with E-state index in [-0.39, 0.29) is 5.76 Å². The number of aromatic carboxylic acids is 1. The standard InChI is InChI=1S/C8H10N2O3/c11-8(12)7-5(4-10-13-7)3-9-6-1-2-6/h4,6,9H,1-3H2,(H,11,12). The monoisotopic (exact) mass is 182 g/mol. The number of nitrogens with zero attached hydrogens (tertiary/aromatic N) is 1. The lowest BCUT2D eigenvalue weighted by Crippen LogP contribution is -2.16. The number of hydrogen-bond donors (Lipinski definition) is 2. The van der Waals surface area contributed by atoms with Crippen LogP contribution >= 0.6 is 0 Å². The molecule has 5 heteroatoms. The van der Waals surface area contributed by atoms with Gasteiger partial charge in [-0.15, -0.1) is 0 Å². The summed E-state index contributed by atoms with van der Waals surface area (Å²) in [7, 11) is 0. The van der Waals surface area contributed by atoms with E-state index in [1.807, 2.05) is 0 Å². The van der Waals surface area contributed by atoms with Gasteiger partial charge in [-0.2, -0.15) is 0 Å². The molecule has 5 nitrogen and oxygen atoms in total. The topological polar surface area (TPSA) is 75.4 Å². The molecule has 0 spiro atoms. The average Bonchev–Trinajstić information content (AvgIpc) is 2.79. The molecule has 0 unspecified atom stereocenters. The summed E-state index contributed by atoms with van der Waals surface area (Å²) in [4.78, 5) is 10.6. The van der Waals surface area contributed by atoms with Crippen molar-refractivity contribution >= 4 is 5.97 Å². The van der Waals surface area contributed by atoms with Gasteiger partial charge in [0.05, 0.1) is 6.20 Å². The van der Waals surface area contributed by atoms with Crippen LogP contribution in [0.5, 0.6) is 0 Å². The SMILES string of the molecule is O=C(O)c1oncc1CNC1CC1. The first-order chi connectivity index (χ1) is 6.27. The molecule has 0 saturated heterocycles. The normalized spacial score (nSPS) is 16.0. The maximum atomic E-state index is 10.6. The molecule has 0 aromatic carbocycles. The zero-order valence-corrected chi connectivity index (χ0v) is 6.99. The van der Waals surface area contributed by atoms with Gasteiger partial charge in [0, 0.05) is 18.2 Å². The molecule has 0 radical (unpaired) electrons. The van der Waals surface area contributed by atoms with Gasteiger partial charge in [-0.05, 0) is 12.8 Å². The second-order valence-electron chi connectivity index (χ2n) is 3.14. The second-order valence-corrected chi connectivity index (χ2v) is 3.14. The van der Waals surface area contributed by atoms with Crippen molar-refractivity contribution in [3.8, 4) is 0 Å². The maximum absolute atomic E-state index is 10.6. The number of rotatable bonds is 4. The number of nitrogens with one attached hydrogen (secondary N) is 1. The number of carboxylic acid groups (broad SMARTS) is 1. The van der Waals surface area contributed by atoms with Gasteiger partial charge in [0.2, 0.25) is 5.76 Å². The number of carbonyl (C=O) groups is 1. The summed E-state index contributed by atoms with van der Waals surface area (Å²) in [6.07, 6.45) is 3.79. The second kappa shape index (κ2) is 3.18. The Morgan fingerprint density at radius 1 is 1.77 bits per heavy atom. The summed E-state index contributed by atoms with van der Waals surface area (Å²) < 4.78 is 4.59. The van der Waals surface area contributed by atoms with Gasteiger partial charge in [0.15, 0.2) is 0 Å². The van der Waals surface area contributed by atoms with E-state index in [4.69, 9.17) is 5.11 Å². The lowest BCUT2D eigenvalue weighted by molar-refractivity contribution is 0.0650. The van der Waals surface area contributed by atoms with Crippen LogP contribution in [-0.2, 0) is 6.54 Å². The molecule has 1 saturated carbocycles. The van der Waals surface area contributed by atoms with Crippen molar-refractivity contribution in [3.05, 3.63) is 17.5 Å². The molecule has 1 fully saturated rings. The highest BCUT2D eigenvalue weighted by Gasteiger charge is 2.22. The molecule has 70 valence electrons. The molecular formula is C8H10N2O3. The smallest absolute Gasteiger partial charge is 0.375 e. The van der Waals surface area contributed by atoms with Crippen molar-refractivity contribution < 1.29 is 14.4 Å². The lowest BCUT2D eigenvalue weighted by atomic mass is 10.2. The molecule has 0 atom stereocenters. The molecule has 13 heavy (non-hydrogen) atoms. The van der Waals surface area contributed by atoms with Crippen LogP contribution in [0.4, 0.5) is 0 Å². The third-order valence-corrected chi connectivity index (χ3v) is 2.00. The first-order valence-corrected chi connectivity index (χ1v) is 4.17. The first-order valence-electron chi connectivity index (χ1n) is 4.17. The van der Waals surface area contributed by atoms with Gasteiger partial charge in [-0.3, -0.25) is 0 Å². The van der Waals surface area contributed by atoms with E-state index in [1.165, 1.54) is 19.0 Å². The van der Waals surface area contributed by atoms with Crippen LogP contribution in [0.15, 0.2) is 10.7 Å². The van der Waals surface area contributed by atoms with Gasteiger partial charge in [-0.25, -0.2) is 4.79 Å². The fourth-order valence-corrected chi connectivity index (χ4v) is 1.10. The summed E-state index contributed by atoms with van der Waals surface area (Å²) in [6, 6.07) is 0.552. The lowest BCUT2D eigenvalue weighted by Gasteiger charge is -1.98. The maximum Gasteiger partial charge on any atom is 0.375 e. The van der Waals surface area contributed by atoms with Crippen LogP contribution in [0.3, 0.4) is 0 Å². The number of hydrogen-bond acceptors (Lipinski definition) is 4. The minimum atomic E-state index is -1.06. The summed E-state index contributed by atoms with van der Waals surface area (Å²) in [5.74, 6) is -1.13. The van der Waals surface area contributed by atoms with E-state index in [2.05, 4.69) is 15.0 Å². The third-order valence-electron chi connectivity index (χ3n) is 2.00. The number of aromatic nitrogens is 1. The molecule has 2 N–H and O–H groups in total. The molecule has 0 bridgehead atoms. The zero-order valence-electron chi connectivity index (χ0n) is 6.99. The highest BCUT2D eigenvalue weighted by atomic mass is 16.5. The molecule has 1 aliphatic rings. The van der Waals surface area contributed by atoms with Crippen molar-refractivity contribution in [2.24, 2.45) is 0 Å². The molecule has 0 amide bonds. The van der Waals surface area contributed by atoms with E-state index in [1.54, 1.807) is 0 Å². The Morgan fingerprint density at radius 3 is 3.15 bits per heavy atom. The Bertz CT molecular complexity index is 317. The molecular weight excluding hydrogens is 172 g/mol.